The molecule has 0 aliphatic heterocycles. The van der Waals surface area contributed by atoms with Crippen LogP contribution in [0.25, 0.3) is 0 Å². The highest BCUT2D eigenvalue weighted by atomic mass is 16.4. The van der Waals surface area contributed by atoms with Crippen LogP contribution in [0.2, 0.25) is 0 Å². The van der Waals surface area contributed by atoms with E-state index < -0.39 is 53.8 Å². The maximum atomic E-state index is 13.3. The highest BCUT2D eigenvalue weighted by molar-refractivity contribution is 5.94. The fourth-order valence-electron chi connectivity index (χ4n) is 3.91. The van der Waals surface area contributed by atoms with Gasteiger partial charge >= 0.3 is 5.97 Å². The number of nitrogens with zero attached hydrogens (tertiary/aromatic N) is 1. The first-order valence-corrected chi connectivity index (χ1v) is 13.1. The molecule has 4 atom stereocenters. The van der Waals surface area contributed by atoms with Gasteiger partial charge in [0.2, 0.25) is 23.6 Å². The van der Waals surface area contributed by atoms with Crippen molar-refractivity contribution in [3.63, 3.8) is 0 Å². The summed E-state index contributed by atoms with van der Waals surface area (Å²) in [5, 5.41) is 26.7. The van der Waals surface area contributed by atoms with Crippen LogP contribution in [0.1, 0.15) is 43.4 Å². The third-order valence-corrected chi connectivity index (χ3v) is 6.22. The van der Waals surface area contributed by atoms with Crippen LogP contribution < -0.4 is 33.2 Å². The van der Waals surface area contributed by atoms with Crippen molar-refractivity contribution in [2.75, 3.05) is 6.54 Å². The molecule has 1 aromatic carbocycles. The number of aromatic amines is 1. The maximum Gasteiger partial charge on any atom is 0.326 e. The van der Waals surface area contributed by atoms with E-state index in [1.165, 1.54) is 36.8 Å². The van der Waals surface area contributed by atoms with Crippen LogP contribution >= 0.6 is 0 Å². The molecule has 224 valence electrons. The lowest BCUT2D eigenvalue weighted by Gasteiger charge is -2.25. The first-order valence-electron chi connectivity index (χ1n) is 13.1. The van der Waals surface area contributed by atoms with Crippen LogP contribution in [0, 0.1) is 0 Å². The first-order chi connectivity index (χ1) is 19.5. The second-order valence-electron chi connectivity index (χ2n) is 9.57. The predicted molar refractivity (Wildman–Crippen MR) is 147 cm³/mol. The topological polar surface area (TPSA) is 269 Å². The Morgan fingerprint density at radius 1 is 0.878 bits per heavy atom. The lowest BCUT2D eigenvalue weighted by molar-refractivity contribution is -0.142. The number of primary amides is 1. The average Bonchev–Trinajstić information content (AvgIpc) is 3.44. The number of unbranched alkanes of at least 4 members (excludes halogenated alkanes) is 1. The average molecular weight is 575 g/mol. The number of benzene rings is 1. The smallest absolute Gasteiger partial charge is 0.326 e. The number of H-pyrrole nitrogens is 1. The van der Waals surface area contributed by atoms with Gasteiger partial charge in [-0.2, -0.15) is 0 Å². The number of nitrogens with two attached hydrogens (primary N) is 3. The summed E-state index contributed by atoms with van der Waals surface area (Å²) in [7, 11) is 0. The number of nitrogens with one attached hydrogen (secondary N) is 4. The van der Waals surface area contributed by atoms with Crippen LogP contribution in [-0.4, -0.2) is 80.5 Å². The Morgan fingerprint density at radius 3 is 2.10 bits per heavy atom. The zero-order valence-corrected chi connectivity index (χ0v) is 22.5. The van der Waals surface area contributed by atoms with Crippen molar-refractivity contribution in [2.45, 2.75) is 69.1 Å². The lowest BCUT2D eigenvalue weighted by Crippen LogP contribution is -2.58. The van der Waals surface area contributed by atoms with E-state index in [1.807, 2.05) is 0 Å². The fraction of sp³-hybridized carbons (Fsp3) is 0.462. The molecule has 0 aliphatic rings. The number of carboxylic acid groups (broad SMARTS) is 1. The van der Waals surface area contributed by atoms with Gasteiger partial charge in [-0.3, -0.25) is 19.2 Å². The third-order valence-electron chi connectivity index (χ3n) is 6.22. The summed E-state index contributed by atoms with van der Waals surface area (Å²) < 4.78 is 0. The Morgan fingerprint density at radius 2 is 1.51 bits per heavy atom. The number of hydrogen-bond donors (Lipinski definition) is 9. The summed E-state index contributed by atoms with van der Waals surface area (Å²) >= 11 is 0. The van der Waals surface area contributed by atoms with Gasteiger partial charge in [0.05, 0.1) is 12.4 Å². The zero-order chi connectivity index (χ0) is 30.4. The van der Waals surface area contributed by atoms with Crippen LogP contribution in [0.5, 0.6) is 5.75 Å². The monoisotopic (exact) mass is 574 g/mol. The summed E-state index contributed by atoms with van der Waals surface area (Å²) in [6.07, 6.45) is 3.85. The second kappa shape index (κ2) is 16.6. The molecule has 1 heterocycles. The van der Waals surface area contributed by atoms with Crippen LogP contribution in [-0.2, 0) is 36.8 Å². The van der Waals surface area contributed by atoms with Crippen molar-refractivity contribution >= 4 is 29.6 Å². The Bertz CT molecular complexity index is 1160. The molecule has 41 heavy (non-hydrogen) atoms. The SMILES string of the molecule is NCCCCC(N)C(=O)NC(CCC(N)=O)C(=O)NC(Cc1cnc[nH]1)C(=O)NC(Cc1ccc(O)cc1)C(=O)O. The van der Waals surface area contributed by atoms with E-state index in [-0.39, 0.29) is 31.4 Å². The quantitative estimate of drug-likeness (QED) is 0.0897. The molecule has 0 fully saturated rings. The first kappa shape index (κ1) is 32.7. The van der Waals surface area contributed by atoms with Crippen LogP contribution in [0.15, 0.2) is 36.8 Å². The number of amides is 4. The number of imidazole rings is 1. The molecule has 12 N–H and O–H groups in total. The number of phenols is 1. The maximum absolute atomic E-state index is 13.3. The van der Waals surface area contributed by atoms with Gasteiger partial charge in [0.15, 0.2) is 0 Å². The third kappa shape index (κ3) is 11.6. The molecule has 2 rings (SSSR count). The number of aromatic nitrogens is 2. The van der Waals surface area contributed by atoms with Gasteiger partial charge in [0.1, 0.15) is 23.9 Å². The van der Waals surface area contributed by atoms with Crippen molar-refractivity contribution in [3.05, 3.63) is 48.0 Å². The van der Waals surface area contributed by atoms with E-state index in [4.69, 9.17) is 17.2 Å². The van der Waals surface area contributed by atoms with Crippen molar-refractivity contribution in [1.29, 1.82) is 0 Å². The number of carbonyl (C=O) groups is 5. The zero-order valence-electron chi connectivity index (χ0n) is 22.5. The Hall–Kier alpha value is -4.50. The van der Waals surface area contributed by atoms with Gasteiger partial charge < -0.3 is 48.3 Å². The summed E-state index contributed by atoms with van der Waals surface area (Å²) in [5.41, 5.74) is 17.7. The van der Waals surface area contributed by atoms with Crippen LogP contribution in [0.4, 0.5) is 0 Å². The molecule has 0 bridgehead atoms. The standard InChI is InChI=1S/C26H38N8O7/c27-10-2-1-3-18(28)23(37)32-19(8-9-22(29)36)24(38)33-20(12-16-13-30-14-31-16)25(39)34-21(26(40)41)11-15-4-6-17(35)7-5-15/h4-7,13-14,18-21,35H,1-3,8-12,27-28H2,(H2,29,36)(H,30,31)(H,32,37)(H,33,38)(H,34,39)(H,40,41). The number of carboxylic acids is 1. The minimum absolute atomic E-state index is 0.00138. The van der Waals surface area contributed by atoms with Crippen molar-refractivity contribution in [1.82, 2.24) is 25.9 Å². The molecule has 15 heteroatoms. The van der Waals surface area contributed by atoms with Gasteiger partial charge in [0.25, 0.3) is 0 Å². The van der Waals surface area contributed by atoms with Crippen LogP contribution in [0.3, 0.4) is 0 Å². The number of aliphatic carboxylic acids is 1. The Kier molecular flexibility index (Phi) is 13.2. The number of hydrogen-bond acceptors (Lipinski definition) is 9. The Labute approximate surface area is 236 Å². The van der Waals surface area contributed by atoms with Gasteiger partial charge in [-0.15, -0.1) is 0 Å². The van der Waals surface area contributed by atoms with E-state index in [0.29, 0.717) is 37.1 Å². The second-order valence-corrected chi connectivity index (χ2v) is 9.57. The van der Waals surface area contributed by atoms with Crippen molar-refractivity contribution in [2.24, 2.45) is 17.2 Å². The number of carbonyl (C=O) groups excluding carboxylic acids is 4. The van der Waals surface area contributed by atoms with E-state index in [0.717, 1.165) is 0 Å². The number of phenolic OH excluding ortho intramolecular Hbond substituents is 1. The van der Waals surface area contributed by atoms with E-state index in [9.17, 15) is 34.2 Å². The molecule has 4 unspecified atom stereocenters. The minimum atomic E-state index is -1.36. The normalized spacial score (nSPS) is 13.8. The molecule has 4 amide bonds. The molecule has 2 aromatic rings. The molecular weight excluding hydrogens is 536 g/mol. The Balaban J connectivity index is 2.19. The number of rotatable bonds is 18. The van der Waals surface area contributed by atoms with Gasteiger partial charge in [-0.1, -0.05) is 18.6 Å². The van der Waals surface area contributed by atoms with Gasteiger partial charge in [-0.25, -0.2) is 9.78 Å². The molecule has 0 saturated carbocycles. The van der Waals surface area contributed by atoms with Gasteiger partial charge in [-0.05, 0) is 43.5 Å². The van der Waals surface area contributed by atoms with Crippen molar-refractivity contribution < 1.29 is 34.2 Å². The summed E-state index contributed by atoms with van der Waals surface area (Å²) in [6.45, 7) is 0.440. The molecule has 0 aliphatic carbocycles. The predicted octanol–water partition coefficient (Wildman–Crippen LogP) is -1.84. The van der Waals surface area contributed by atoms with Crippen molar-refractivity contribution in [3.8, 4) is 5.75 Å². The lowest BCUT2D eigenvalue weighted by atomic mass is 10.0. The van der Waals surface area contributed by atoms with E-state index >= 15 is 0 Å². The highest BCUT2D eigenvalue weighted by Gasteiger charge is 2.31. The summed E-state index contributed by atoms with van der Waals surface area (Å²) in [5.74, 6) is -4.23. The molecule has 1 aromatic heterocycles. The largest absolute Gasteiger partial charge is 0.508 e. The molecule has 0 saturated heterocycles. The minimum Gasteiger partial charge on any atom is -0.508 e. The number of aromatic hydroxyl groups is 1. The molecular formula is C26H38N8O7. The molecule has 0 spiro atoms. The van der Waals surface area contributed by atoms with E-state index in [2.05, 4.69) is 25.9 Å². The van der Waals surface area contributed by atoms with Gasteiger partial charge in [0, 0.05) is 31.2 Å². The highest BCUT2D eigenvalue weighted by Crippen LogP contribution is 2.12. The van der Waals surface area contributed by atoms with E-state index in [1.54, 1.807) is 0 Å². The fourth-order valence-corrected chi connectivity index (χ4v) is 3.91. The summed E-state index contributed by atoms with van der Waals surface area (Å²) in [6, 6.07) is 1.01. The molecule has 15 nitrogen and oxygen atoms in total. The molecule has 0 radical (unpaired) electrons. The summed E-state index contributed by atoms with van der Waals surface area (Å²) in [4.78, 5) is 69.3.